The van der Waals surface area contributed by atoms with Crippen LogP contribution < -0.4 is 5.32 Å². The van der Waals surface area contributed by atoms with Gasteiger partial charge in [0.05, 0.1) is 18.6 Å². The molecular weight excluding hydrogens is 270 g/mol. The molecule has 0 saturated heterocycles. The topological polar surface area (TPSA) is 47.0 Å². The Morgan fingerprint density at radius 3 is 3.17 bits per heavy atom. The molecular formula is C12H14ClN3OS. The smallest absolute Gasteiger partial charge is 0.225 e. The predicted octanol–water partition coefficient (Wildman–Crippen LogP) is 3.35. The van der Waals surface area contributed by atoms with E-state index in [0.29, 0.717) is 19.8 Å². The van der Waals surface area contributed by atoms with Gasteiger partial charge in [-0.1, -0.05) is 12.2 Å². The molecule has 0 spiro atoms. The molecule has 6 heteroatoms. The average molecular weight is 284 g/mol. The highest BCUT2D eigenvalue weighted by atomic mass is 35.5. The van der Waals surface area contributed by atoms with Crippen LogP contribution in [0.1, 0.15) is 6.92 Å². The molecule has 96 valence electrons. The van der Waals surface area contributed by atoms with Crippen LogP contribution in [0.15, 0.2) is 23.6 Å². The lowest BCUT2D eigenvalue weighted by molar-refractivity contribution is 0.167. The van der Waals surface area contributed by atoms with Crippen molar-refractivity contribution in [3.05, 3.63) is 28.9 Å². The molecule has 0 fully saturated rings. The van der Waals surface area contributed by atoms with Gasteiger partial charge in [-0.25, -0.2) is 9.97 Å². The highest BCUT2D eigenvalue weighted by Crippen LogP contribution is 2.26. The molecule has 2 aromatic heterocycles. The van der Waals surface area contributed by atoms with Gasteiger partial charge in [-0.05, 0) is 30.0 Å². The van der Waals surface area contributed by atoms with Crippen molar-refractivity contribution in [3.63, 3.8) is 0 Å². The number of fused-ring (bicyclic) bond motifs is 1. The third-order valence-electron chi connectivity index (χ3n) is 2.19. The molecule has 0 bridgehead atoms. The molecule has 0 amide bonds. The molecule has 4 nitrogen and oxygen atoms in total. The molecule has 0 aromatic carbocycles. The van der Waals surface area contributed by atoms with Crippen LogP contribution >= 0.6 is 22.9 Å². The molecule has 0 unspecified atom stereocenters. The van der Waals surface area contributed by atoms with E-state index >= 15 is 0 Å². The van der Waals surface area contributed by atoms with E-state index in [-0.39, 0.29) is 5.28 Å². The third-order valence-corrected chi connectivity index (χ3v) is 3.16. The summed E-state index contributed by atoms with van der Waals surface area (Å²) in [6.07, 6.45) is 0. The molecule has 0 radical (unpaired) electrons. The number of rotatable bonds is 6. The number of thiophene rings is 1. The van der Waals surface area contributed by atoms with Crippen LogP contribution in [0.4, 0.5) is 5.82 Å². The SMILES string of the molecule is C=C(C)COCCNc1nc(Cl)nc2sccc12. The molecule has 2 aromatic rings. The molecule has 0 aliphatic rings. The Balaban J connectivity index is 1.94. The summed E-state index contributed by atoms with van der Waals surface area (Å²) in [5, 5.41) is 6.43. The quantitative estimate of drug-likeness (QED) is 0.502. The molecule has 1 N–H and O–H groups in total. The Kier molecular flexibility index (Phi) is 4.52. The van der Waals surface area contributed by atoms with Crippen molar-refractivity contribution in [2.75, 3.05) is 25.1 Å². The highest BCUT2D eigenvalue weighted by Gasteiger charge is 2.06. The molecule has 0 saturated carbocycles. The average Bonchev–Trinajstić information content (AvgIpc) is 2.75. The zero-order valence-corrected chi connectivity index (χ0v) is 11.6. The fourth-order valence-electron chi connectivity index (χ4n) is 1.45. The van der Waals surface area contributed by atoms with Crippen molar-refractivity contribution in [2.24, 2.45) is 0 Å². The minimum atomic E-state index is 0.260. The standard InChI is InChI=1S/C12H14ClN3OS/c1-8(2)7-17-5-4-14-10-9-3-6-18-11(9)16-12(13)15-10/h3,6H,1,4-5,7H2,2H3,(H,14,15,16). The van der Waals surface area contributed by atoms with E-state index in [9.17, 15) is 0 Å². The lowest BCUT2D eigenvalue weighted by atomic mass is 10.4. The van der Waals surface area contributed by atoms with Crippen molar-refractivity contribution in [3.8, 4) is 0 Å². The third kappa shape index (κ3) is 3.41. The van der Waals surface area contributed by atoms with Gasteiger partial charge < -0.3 is 10.1 Å². The van der Waals surface area contributed by atoms with E-state index in [0.717, 1.165) is 21.6 Å². The largest absolute Gasteiger partial charge is 0.375 e. The number of nitrogens with one attached hydrogen (secondary N) is 1. The maximum Gasteiger partial charge on any atom is 0.225 e. The van der Waals surface area contributed by atoms with Gasteiger partial charge in [-0.15, -0.1) is 11.3 Å². The summed E-state index contributed by atoms with van der Waals surface area (Å²) in [6.45, 7) is 7.56. The van der Waals surface area contributed by atoms with E-state index in [1.165, 1.54) is 0 Å². The van der Waals surface area contributed by atoms with Crippen LogP contribution in [-0.4, -0.2) is 29.7 Å². The first-order chi connectivity index (χ1) is 8.66. The van der Waals surface area contributed by atoms with Crippen molar-refractivity contribution >= 4 is 39.0 Å². The molecule has 0 aliphatic heterocycles. The van der Waals surface area contributed by atoms with Crippen LogP contribution in [0, 0.1) is 0 Å². The Morgan fingerprint density at radius 1 is 1.56 bits per heavy atom. The van der Waals surface area contributed by atoms with Crippen molar-refractivity contribution in [1.29, 1.82) is 0 Å². The van der Waals surface area contributed by atoms with Gasteiger partial charge in [-0.3, -0.25) is 0 Å². The van der Waals surface area contributed by atoms with Gasteiger partial charge >= 0.3 is 0 Å². The Morgan fingerprint density at radius 2 is 2.39 bits per heavy atom. The van der Waals surface area contributed by atoms with Gasteiger partial charge in [0.25, 0.3) is 0 Å². The normalized spacial score (nSPS) is 10.8. The summed E-state index contributed by atoms with van der Waals surface area (Å²) >= 11 is 7.41. The lowest BCUT2D eigenvalue weighted by Gasteiger charge is -2.07. The van der Waals surface area contributed by atoms with Gasteiger partial charge in [0.1, 0.15) is 10.6 Å². The van der Waals surface area contributed by atoms with Gasteiger partial charge in [-0.2, -0.15) is 0 Å². The number of aromatic nitrogens is 2. The van der Waals surface area contributed by atoms with E-state index in [4.69, 9.17) is 16.3 Å². The number of nitrogens with zero attached hydrogens (tertiary/aromatic N) is 2. The Hall–Kier alpha value is -1.17. The van der Waals surface area contributed by atoms with Crippen molar-refractivity contribution in [1.82, 2.24) is 9.97 Å². The van der Waals surface area contributed by atoms with Gasteiger partial charge in [0, 0.05) is 6.54 Å². The fraction of sp³-hybridized carbons (Fsp3) is 0.333. The van der Waals surface area contributed by atoms with E-state index < -0.39 is 0 Å². The monoisotopic (exact) mass is 283 g/mol. The van der Waals surface area contributed by atoms with E-state index in [2.05, 4.69) is 21.9 Å². The fourth-order valence-corrected chi connectivity index (χ4v) is 2.44. The zero-order chi connectivity index (χ0) is 13.0. The lowest BCUT2D eigenvalue weighted by Crippen LogP contribution is -2.11. The van der Waals surface area contributed by atoms with Crippen molar-refractivity contribution in [2.45, 2.75) is 6.92 Å². The van der Waals surface area contributed by atoms with Gasteiger partial charge in [0.2, 0.25) is 5.28 Å². The number of hydrogen-bond donors (Lipinski definition) is 1. The maximum atomic E-state index is 5.86. The van der Waals surface area contributed by atoms with Gasteiger partial charge in [0.15, 0.2) is 0 Å². The zero-order valence-electron chi connectivity index (χ0n) is 10.1. The van der Waals surface area contributed by atoms with E-state index in [1.54, 1.807) is 11.3 Å². The second-order valence-electron chi connectivity index (χ2n) is 3.92. The summed E-state index contributed by atoms with van der Waals surface area (Å²) in [5.74, 6) is 0.755. The minimum Gasteiger partial charge on any atom is -0.375 e. The number of hydrogen-bond acceptors (Lipinski definition) is 5. The van der Waals surface area contributed by atoms with Crippen LogP contribution in [0.2, 0.25) is 5.28 Å². The molecule has 2 heterocycles. The molecule has 0 atom stereocenters. The second-order valence-corrected chi connectivity index (χ2v) is 5.15. The van der Waals surface area contributed by atoms with Crippen LogP contribution in [0.5, 0.6) is 0 Å². The first-order valence-corrected chi connectivity index (χ1v) is 6.79. The summed E-state index contributed by atoms with van der Waals surface area (Å²) in [6, 6.07) is 1.98. The van der Waals surface area contributed by atoms with E-state index in [1.807, 2.05) is 18.4 Å². The van der Waals surface area contributed by atoms with Crippen LogP contribution in [0.25, 0.3) is 10.2 Å². The second kappa shape index (κ2) is 6.13. The van der Waals surface area contributed by atoms with Crippen molar-refractivity contribution < 1.29 is 4.74 Å². The number of halogens is 1. The molecule has 2 rings (SSSR count). The van der Waals surface area contributed by atoms with Crippen LogP contribution in [0.3, 0.4) is 0 Å². The minimum absolute atomic E-state index is 0.260. The summed E-state index contributed by atoms with van der Waals surface area (Å²) in [4.78, 5) is 9.23. The molecule has 18 heavy (non-hydrogen) atoms. The molecule has 0 aliphatic carbocycles. The first kappa shape index (κ1) is 13.3. The Labute approximate surface area is 115 Å². The highest BCUT2D eigenvalue weighted by molar-refractivity contribution is 7.16. The Bertz CT molecular complexity index is 555. The maximum absolute atomic E-state index is 5.86. The first-order valence-electron chi connectivity index (χ1n) is 5.53. The summed E-state index contributed by atoms with van der Waals surface area (Å²) in [5.41, 5.74) is 1.01. The summed E-state index contributed by atoms with van der Waals surface area (Å²) in [7, 11) is 0. The number of ether oxygens (including phenoxy) is 1. The van der Waals surface area contributed by atoms with Crippen LogP contribution in [-0.2, 0) is 4.74 Å². The number of anilines is 1. The summed E-state index contributed by atoms with van der Waals surface area (Å²) < 4.78 is 5.40. The predicted molar refractivity (Wildman–Crippen MR) is 76.5 cm³/mol.